The minimum Gasteiger partial charge on any atom is -0.481 e. The molecule has 6 nitrogen and oxygen atoms in total. The number of hydrogen-bond donors (Lipinski definition) is 1. The minimum atomic E-state index is -4.57. The van der Waals surface area contributed by atoms with E-state index in [1.807, 2.05) is 24.3 Å². The highest BCUT2D eigenvalue weighted by molar-refractivity contribution is 5.70. The van der Waals surface area contributed by atoms with Crippen molar-refractivity contribution in [2.45, 2.75) is 31.9 Å². The molecule has 0 unspecified atom stereocenters. The smallest absolute Gasteiger partial charge is 0.419 e. The zero-order chi connectivity index (χ0) is 25.7. The third kappa shape index (κ3) is 6.60. The van der Waals surface area contributed by atoms with Gasteiger partial charge in [0.1, 0.15) is 5.82 Å². The number of aliphatic carboxylic acids is 1. The summed E-state index contributed by atoms with van der Waals surface area (Å²) in [4.78, 5) is 24.1. The topological polar surface area (TPSA) is 69.6 Å². The van der Waals surface area contributed by atoms with Gasteiger partial charge in [-0.05, 0) is 48.7 Å². The first kappa shape index (κ1) is 25.6. The van der Waals surface area contributed by atoms with Gasteiger partial charge in [0.15, 0.2) is 0 Å². The molecule has 0 spiro atoms. The van der Waals surface area contributed by atoms with Gasteiger partial charge in [0, 0.05) is 44.5 Å². The summed E-state index contributed by atoms with van der Waals surface area (Å²) in [5.74, 6) is -0.658. The molecular formula is C27H29F3N4O2. The second-order valence-corrected chi connectivity index (χ2v) is 9.12. The number of carboxylic acid groups (broad SMARTS) is 1. The molecule has 1 aliphatic heterocycles. The molecule has 4 rings (SSSR count). The van der Waals surface area contributed by atoms with Crippen LogP contribution in [-0.2, 0) is 36.7 Å². The molecule has 0 saturated carbocycles. The molecule has 1 aliphatic rings. The predicted molar refractivity (Wildman–Crippen MR) is 131 cm³/mol. The molecule has 1 fully saturated rings. The number of alkyl halides is 3. The molecule has 1 aromatic heterocycles. The van der Waals surface area contributed by atoms with Gasteiger partial charge in [0.2, 0.25) is 0 Å². The van der Waals surface area contributed by atoms with E-state index in [0.717, 1.165) is 43.6 Å². The number of carbonyl (C=O) groups is 1. The Bertz CT molecular complexity index is 1210. The number of rotatable bonds is 8. The Morgan fingerprint density at radius 1 is 1.00 bits per heavy atom. The van der Waals surface area contributed by atoms with Crippen LogP contribution in [0.4, 0.5) is 18.9 Å². The zero-order valence-corrected chi connectivity index (χ0v) is 20.1. The predicted octanol–water partition coefficient (Wildman–Crippen LogP) is 4.25. The van der Waals surface area contributed by atoms with Crippen LogP contribution in [0.2, 0.25) is 0 Å². The molecule has 0 atom stereocenters. The van der Waals surface area contributed by atoms with Crippen molar-refractivity contribution in [3.05, 3.63) is 88.5 Å². The van der Waals surface area contributed by atoms with Crippen LogP contribution in [-0.4, -0.2) is 59.2 Å². The molecular weight excluding hydrogens is 469 g/mol. The molecule has 36 heavy (non-hydrogen) atoms. The fourth-order valence-corrected chi connectivity index (χ4v) is 4.47. The average molecular weight is 499 g/mol. The summed E-state index contributed by atoms with van der Waals surface area (Å²) in [7, 11) is 2.10. The normalized spacial score (nSPS) is 14.7. The van der Waals surface area contributed by atoms with Crippen molar-refractivity contribution in [2.75, 3.05) is 38.1 Å². The van der Waals surface area contributed by atoms with Gasteiger partial charge < -0.3 is 14.9 Å². The fourth-order valence-electron chi connectivity index (χ4n) is 4.47. The van der Waals surface area contributed by atoms with E-state index in [1.54, 1.807) is 24.3 Å². The first-order valence-electron chi connectivity index (χ1n) is 11.9. The summed E-state index contributed by atoms with van der Waals surface area (Å²) in [5.41, 5.74) is 2.38. The van der Waals surface area contributed by atoms with E-state index in [-0.39, 0.29) is 25.0 Å². The van der Waals surface area contributed by atoms with Crippen LogP contribution in [0.5, 0.6) is 0 Å². The Hall–Kier alpha value is -3.46. The highest BCUT2D eigenvalue weighted by Crippen LogP contribution is 2.32. The fraction of sp³-hybridized carbons (Fsp3) is 0.370. The van der Waals surface area contributed by atoms with Crippen LogP contribution in [0.25, 0.3) is 0 Å². The molecule has 1 N–H and O–H groups in total. The molecule has 0 bridgehead atoms. The highest BCUT2D eigenvalue weighted by atomic mass is 19.4. The number of hydrogen-bond acceptors (Lipinski definition) is 5. The largest absolute Gasteiger partial charge is 0.481 e. The summed E-state index contributed by atoms with van der Waals surface area (Å²) >= 11 is 0. The minimum absolute atomic E-state index is 0.0301. The number of benzene rings is 2. The SMILES string of the molecule is CN1CCN(c2cccc(Cc3ncc(C(F)(F)F)c(CCc4ccccc4CC(=O)O)n3)c2)CC1. The lowest BCUT2D eigenvalue weighted by Gasteiger charge is -2.34. The van der Waals surface area contributed by atoms with Crippen molar-refractivity contribution in [3.8, 4) is 0 Å². The Morgan fingerprint density at radius 2 is 1.72 bits per heavy atom. The second kappa shape index (κ2) is 11.1. The molecule has 1 saturated heterocycles. The lowest BCUT2D eigenvalue weighted by atomic mass is 9.98. The lowest BCUT2D eigenvalue weighted by Crippen LogP contribution is -2.44. The maximum Gasteiger partial charge on any atom is 0.419 e. The summed E-state index contributed by atoms with van der Waals surface area (Å²) in [6.07, 6.45) is -3.28. The van der Waals surface area contributed by atoms with Crippen molar-refractivity contribution >= 4 is 11.7 Å². The van der Waals surface area contributed by atoms with Crippen LogP contribution in [0, 0.1) is 0 Å². The van der Waals surface area contributed by atoms with Crippen molar-refractivity contribution in [1.82, 2.24) is 14.9 Å². The molecule has 0 aliphatic carbocycles. The molecule has 2 heterocycles. The third-order valence-corrected chi connectivity index (χ3v) is 6.46. The Morgan fingerprint density at radius 3 is 2.42 bits per heavy atom. The quantitative estimate of drug-likeness (QED) is 0.501. The lowest BCUT2D eigenvalue weighted by molar-refractivity contribution is -0.139. The van der Waals surface area contributed by atoms with E-state index in [9.17, 15) is 18.0 Å². The van der Waals surface area contributed by atoms with Gasteiger partial charge in [-0.3, -0.25) is 4.79 Å². The summed E-state index contributed by atoms with van der Waals surface area (Å²) in [5, 5.41) is 9.14. The first-order valence-corrected chi connectivity index (χ1v) is 11.9. The second-order valence-electron chi connectivity index (χ2n) is 9.12. The Balaban J connectivity index is 1.54. The molecule has 0 amide bonds. The maximum atomic E-state index is 13.7. The van der Waals surface area contributed by atoms with E-state index >= 15 is 0 Å². The van der Waals surface area contributed by atoms with E-state index in [4.69, 9.17) is 5.11 Å². The summed E-state index contributed by atoms with van der Waals surface area (Å²) < 4.78 is 41.1. The summed E-state index contributed by atoms with van der Waals surface area (Å²) in [6, 6.07) is 14.9. The van der Waals surface area contributed by atoms with Crippen LogP contribution in [0.1, 0.15) is 33.8 Å². The van der Waals surface area contributed by atoms with Crippen molar-refractivity contribution in [1.29, 1.82) is 0 Å². The van der Waals surface area contributed by atoms with Crippen LogP contribution >= 0.6 is 0 Å². The van der Waals surface area contributed by atoms with E-state index < -0.39 is 17.7 Å². The van der Waals surface area contributed by atoms with E-state index in [1.165, 1.54) is 0 Å². The molecule has 0 radical (unpaired) electrons. The van der Waals surface area contributed by atoms with E-state index in [0.29, 0.717) is 23.4 Å². The third-order valence-electron chi connectivity index (χ3n) is 6.46. The van der Waals surface area contributed by atoms with Gasteiger partial charge >= 0.3 is 12.1 Å². The van der Waals surface area contributed by atoms with Crippen LogP contribution < -0.4 is 4.90 Å². The van der Waals surface area contributed by atoms with Crippen molar-refractivity contribution in [3.63, 3.8) is 0 Å². The number of anilines is 1. The van der Waals surface area contributed by atoms with Crippen molar-refractivity contribution in [2.24, 2.45) is 0 Å². The highest BCUT2D eigenvalue weighted by Gasteiger charge is 2.34. The van der Waals surface area contributed by atoms with Gasteiger partial charge in [0.25, 0.3) is 0 Å². The molecule has 190 valence electrons. The van der Waals surface area contributed by atoms with Gasteiger partial charge in [-0.15, -0.1) is 0 Å². The Labute approximate surface area is 208 Å². The van der Waals surface area contributed by atoms with E-state index in [2.05, 4.69) is 26.8 Å². The number of carboxylic acids is 1. The van der Waals surface area contributed by atoms with Gasteiger partial charge in [0.05, 0.1) is 17.7 Å². The van der Waals surface area contributed by atoms with Gasteiger partial charge in [-0.25, -0.2) is 9.97 Å². The zero-order valence-electron chi connectivity index (χ0n) is 20.1. The average Bonchev–Trinajstić information content (AvgIpc) is 2.83. The monoisotopic (exact) mass is 498 g/mol. The number of halogens is 3. The number of nitrogens with zero attached hydrogens (tertiary/aromatic N) is 4. The maximum absolute atomic E-state index is 13.7. The number of aromatic nitrogens is 2. The number of piperazine rings is 1. The van der Waals surface area contributed by atoms with Gasteiger partial charge in [-0.2, -0.15) is 13.2 Å². The van der Waals surface area contributed by atoms with Gasteiger partial charge in [-0.1, -0.05) is 36.4 Å². The molecule has 3 aromatic rings. The number of likely N-dealkylation sites (N-methyl/N-ethyl adjacent to an activating group) is 1. The standard InChI is InChI=1S/C27H29F3N4O2/c1-33-11-13-34(14-12-33)22-8-4-5-19(15-22)16-25-31-18-23(27(28,29)30)24(32-25)10-9-20-6-2-3-7-21(20)17-26(35)36/h2-8,15,18H,9-14,16-17H2,1H3,(H,35,36). The summed E-state index contributed by atoms with van der Waals surface area (Å²) in [6.45, 7) is 3.80. The first-order chi connectivity index (χ1) is 17.2. The van der Waals surface area contributed by atoms with Crippen LogP contribution in [0.15, 0.2) is 54.7 Å². The van der Waals surface area contributed by atoms with Crippen molar-refractivity contribution < 1.29 is 23.1 Å². The Kier molecular flexibility index (Phi) is 7.88. The number of aryl methyl sites for hydroxylation is 2. The molecule has 2 aromatic carbocycles. The molecule has 9 heteroatoms. The van der Waals surface area contributed by atoms with Crippen LogP contribution in [0.3, 0.4) is 0 Å².